The molecule has 126 valence electrons. The number of rotatable bonds is 7. The lowest BCUT2D eigenvalue weighted by molar-refractivity contribution is -0.384. The smallest absolute Gasteiger partial charge is 0.269 e. The van der Waals surface area contributed by atoms with Gasteiger partial charge < -0.3 is 5.32 Å². The van der Waals surface area contributed by atoms with Gasteiger partial charge >= 0.3 is 0 Å². The molecule has 0 saturated carbocycles. The molecule has 0 spiro atoms. The molecule has 0 fully saturated rings. The fourth-order valence-corrected chi connectivity index (χ4v) is 2.35. The number of hydrogen-bond acceptors (Lipinski definition) is 5. The average Bonchev–Trinajstić information content (AvgIpc) is 2.51. The number of carbonyl (C=O) groups is 1. The Kier molecular flexibility index (Phi) is 8.35. The number of nitro groups is 1. The Balaban J connectivity index is 2.23. The molecular weight excluding hydrogens is 336 g/mol. The summed E-state index contributed by atoms with van der Waals surface area (Å²) in [6.07, 6.45) is 0.992. The van der Waals surface area contributed by atoms with E-state index < -0.39 is 4.92 Å². The zero-order chi connectivity index (χ0) is 17.2. The molecule has 0 aromatic heterocycles. The van der Waals surface area contributed by atoms with Gasteiger partial charge in [0.2, 0.25) is 5.91 Å². The second-order valence-electron chi connectivity index (χ2n) is 5.15. The number of benzene rings is 1. The normalized spacial score (nSPS) is 10.2. The van der Waals surface area contributed by atoms with Gasteiger partial charge in [0, 0.05) is 23.6 Å². The molecule has 0 heterocycles. The first-order valence-corrected chi connectivity index (χ1v) is 8.48. The number of nitrogens with one attached hydrogen (secondary N) is 3. The number of non-ortho nitro benzene ring substituents is 1. The Morgan fingerprint density at radius 3 is 2.52 bits per heavy atom. The minimum absolute atomic E-state index is 0.0262. The second-order valence-corrected chi connectivity index (χ2v) is 6.61. The van der Waals surface area contributed by atoms with Crippen molar-refractivity contribution in [2.45, 2.75) is 25.2 Å². The van der Waals surface area contributed by atoms with Crippen molar-refractivity contribution in [1.29, 1.82) is 0 Å². The van der Waals surface area contributed by atoms with Crippen LogP contribution in [0.5, 0.6) is 0 Å². The van der Waals surface area contributed by atoms with E-state index in [0.717, 1.165) is 17.9 Å². The third-order valence-electron chi connectivity index (χ3n) is 2.74. The van der Waals surface area contributed by atoms with E-state index in [9.17, 15) is 14.9 Å². The number of hydrazine groups is 1. The summed E-state index contributed by atoms with van der Waals surface area (Å²) in [6, 6.07) is 6.04. The van der Waals surface area contributed by atoms with E-state index in [2.05, 4.69) is 30.0 Å². The van der Waals surface area contributed by atoms with Gasteiger partial charge in [-0.3, -0.25) is 25.8 Å². The summed E-state index contributed by atoms with van der Waals surface area (Å²) < 4.78 is 0. The average molecular weight is 356 g/mol. The summed E-state index contributed by atoms with van der Waals surface area (Å²) in [7, 11) is 0. The maximum Gasteiger partial charge on any atom is 0.269 e. The highest BCUT2D eigenvalue weighted by atomic mass is 32.2. The number of thioether (sulfide) groups is 1. The molecule has 0 saturated heterocycles. The number of nitro benzene ring substituents is 1. The first-order valence-electron chi connectivity index (χ1n) is 7.08. The molecule has 3 N–H and O–H groups in total. The van der Waals surface area contributed by atoms with Gasteiger partial charge in [-0.05, 0) is 36.7 Å². The summed E-state index contributed by atoms with van der Waals surface area (Å²) in [5, 5.41) is 13.9. The lowest BCUT2D eigenvalue weighted by atomic mass is 10.1. The number of amides is 1. The minimum atomic E-state index is -0.460. The molecule has 1 aromatic rings. The van der Waals surface area contributed by atoms with Crippen molar-refractivity contribution in [3.05, 3.63) is 34.4 Å². The Hall–Kier alpha value is -1.87. The number of carbonyl (C=O) groups excluding carboxylic acids is 1. The van der Waals surface area contributed by atoms with Gasteiger partial charge in [0.05, 0.1) is 10.7 Å². The first kappa shape index (κ1) is 19.2. The quantitative estimate of drug-likeness (QED) is 0.298. The second kappa shape index (κ2) is 10.0. The maximum atomic E-state index is 11.7. The van der Waals surface area contributed by atoms with Crippen LogP contribution in [0.4, 0.5) is 5.69 Å². The van der Waals surface area contributed by atoms with E-state index in [1.165, 1.54) is 23.9 Å². The van der Waals surface area contributed by atoms with Crippen molar-refractivity contribution >= 4 is 40.7 Å². The van der Waals surface area contributed by atoms with Crippen molar-refractivity contribution in [3.63, 3.8) is 0 Å². The monoisotopic (exact) mass is 356 g/mol. The highest BCUT2D eigenvalue weighted by Gasteiger charge is 2.07. The van der Waals surface area contributed by atoms with Crippen molar-refractivity contribution in [3.8, 4) is 0 Å². The van der Waals surface area contributed by atoms with E-state index >= 15 is 0 Å². The molecule has 0 atom stereocenters. The van der Waals surface area contributed by atoms with Crippen LogP contribution in [0.15, 0.2) is 29.2 Å². The van der Waals surface area contributed by atoms with Crippen LogP contribution in [0, 0.1) is 16.0 Å². The maximum absolute atomic E-state index is 11.7. The van der Waals surface area contributed by atoms with Crippen molar-refractivity contribution in [1.82, 2.24) is 16.2 Å². The van der Waals surface area contributed by atoms with E-state index in [1.807, 2.05) is 0 Å². The number of thiocarbonyl (C=S) groups is 1. The Labute approximate surface area is 144 Å². The molecular formula is C14H20N4O3S2. The molecule has 0 aliphatic carbocycles. The lowest BCUT2D eigenvalue weighted by Crippen LogP contribution is -2.47. The lowest BCUT2D eigenvalue weighted by Gasteiger charge is -2.12. The molecule has 0 bridgehead atoms. The molecule has 7 nitrogen and oxygen atoms in total. The fraction of sp³-hybridized carbons (Fsp3) is 0.429. The Morgan fingerprint density at radius 1 is 1.30 bits per heavy atom. The zero-order valence-corrected chi connectivity index (χ0v) is 14.6. The Morgan fingerprint density at radius 2 is 1.96 bits per heavy atom. The topological polar surface area (TPSA) is 96.3 Å². The number of hydrogen-bond donors (Lipinski definition) is 3. The van der Waals surface area contributed by atoms with Gasteiger partial charge in [-0.1, -0.05) is 13.8 Å². The molecule has 1 rings (SSSR count). The molecule has 0 aliphatic heterocycles. The summed E-state index contributed by atoms with van der Waals surface area (Å²) in [5.41, 5.74) is 5.16. The predicted octanol–water partition coefficient (Wildman–Crippen LogP) is 2.23. The highest BCUT2D eigenvalue weighted by molar-refractivity contribution is 8.00. The van der Waals surface area contributed by atoms with Crippen LogP contribution in [0.2, 0.25) is 0 Å². The third kappa shape index (κ3) is 8.36. The molecule has 9 heteroatoms. The van der Waals surface area contributed by atoms with Crippen LogP contribution in [0.25, 0.3) is 0 Å². The first-order chi connectivity index (χ1) is 10.9. The van der Waals surface area contributed by atoms with Gasteiger partial charge in [-0.2, -0.15) is 0 Å². The van der Waals surface area contributed by atoms with E-state index in [4.69, 9.17) is 12.2 Å². The molecule has 1 aromatic carbocycles. The molecule has 0 radical (unpaired) electrons. The van der Waals surface area contributed by atoms with Crippen LogP contribution >= 0.6 is 24.0 Å². The van der Waals surface area contributed by atoms with E-state index in [0.29, 0.717) is 11.0 Å². The van der Waals surface area contributed by atoms with E-state index in [1.54, 1.807) is 12.1 Å². The van der Waals surface area contributed by atoms with Crippen LogP contribution in [-0.2, 0) is 4.79 Å². The van der Waals surface area contributed by atoms with Crippen LogP contribution in [0.1, 0.15) is 20.3 Å². The van der Waals surface area contributed by atoms with Gasteiger partial charge in [-0.15, -0.1) is 11.8 Å². The van der Waals surface area contributed by atoms with Gasteiger partial charge in [0.25, 0.3) is 5.69 Å². The molecule has 23 heavy (non-hydrogen) atoms. The largest absolute Gasteiger partial charge is 0.361 e. The fourth-order valence-electron chi connectivity index (χ4n) is 1.49. The van der Waals surface area contributed by atoms with Crippen LogP contribution < -0.4 is 16.2 Å². The third-order valence-corrected chi connectivity index (χ3v) is 4.00. The van der Waals surface area contributed by atoms with Gasteiger partial charge in [0.15, 0.2) is 5.11 Å². The highest BCUT2D eigenvalue weighted by Crippen LogP contribution is 2.20. The standard InChI is InChI=1S/C14H20N4O3S2/c1-10(2)7-8-15-14(22)17-16-13(19)9-23-12-5-3-11(4-6-12)18(20)21/h3-6,10H,7-9H2,1-2H3,(H,16,19)(H2,15,17,22). The van der Waals surface area contributed by atoms with Crippen molar-refractivity contribution < 1.29 is 9.72 Å². The van der Waals surface area contributed by atoms with Crippen molar-refractivity contribution in [2.75, 3.05) is 12.3 Å². The summed E-state index contributed by atoms with van der Waals surface area (Å²) in [6.45, 7) is 4.99. The number of nitrogens with zero attached hydrogens (tertiary/aromatic N) is 1. The SMILES string of the molecule is CC(C)CCNC(=S)NNC(=O)CSc1ccc([N+](=O)[O-])cc1. The van der Waals surface area contributed by atoms with Crippen molar-refractivity contribution in [2.24, 2.45) is 5.92 Å². The summed E-state index contributed by atoms with van der Waals surface area (Å²) in [5.74, 6) is 0.527. The predicted molar refractivity (Wildman–Crippen MR) is 95.2 cm³/mol. The molecule has 1 amide bonds. The van der Waals surface area contributed by atoms with E-state index in [-0.39, 0.29) is 17.3 Å². The van der Waals surface area contributed by atoms with Gasteiger partial charge in [-0.25, -0.2) is 0 Å². The Bertz CT molecular complexity index is 549. The zero-order valence-electron chi connectivity index (χ0n) is 13.0. The summed E-state index contributed by atoms with van der Waals surface area (Å²) in [4.78, 5) is 22.6. The molecule has 0 aliphatic rings. The summed E-state index contributed by atoms with van der Waals surface area (Å²) >= 11 is 6.32. The molecule has 0 unspecified atom stereocenters. The van der Waals surface area contributed by atoms with Crippen LogP contribution in [-0.4, -0.2) is 28.2 Å². The van der Waals surface area contributed by atoms with Crippen LogP contribution in [0.3, 0.4) is 0 Å². The minimum Gasteiger partial charge on any atom is -0.361 e. The van der Waals surface area contributed by atoms with Gasteiger partial charge in [0.1, 0.15) is 0 Å².